The number of carbonyl (C=O) groups excluding carboxylic acids is 1. The number of rotatable bonds is 6. The number of nitrogens with one attached hydrogen (secondary N) is 1. The largest absolute Gasteiger partial charge is 0.421 e. The molecule has 1 amide bonds. The second kappa shape index (κ2) is 8.22. The van der Waals surface area contributed by atoms with Crippen molar-refractivity contribution in [2.24, 2.45) is 0 Å². The summed E-state index contributed by atoms with van der Waals surface area (Å²) >= 11 is 1.62. The number of aryl methyl sites for hydroxylation is 1. The van der Waals surface area contributed by atoms with Crippen LogP contribution in [0.3, 0.4) is 0 Å². The lowest BCUT2D eigenvalue weighted by molar-refractivity contribution is -0.122. The molecule has 0 spiro atoms. The van der Waals surface area contributed by atoms with Crippen molar-refractivity contribution >= 4 is 32.7 Å². The smallest absolute Gasteiger partial charge is 0.249 e. The van der Waals surface area contributed by atoms with Crippen LogP contribution in [0.25, 0.3) is 21.8 Å². The molecular weight excluding hydrogens is 436 g/mol. The molecule has 9 heteroatoms. The first-order valence-corrected chi connectivity index (χ1v) is 12.2. The summed E-state index contributed by atoms with van der Waals surface area (Å²) in [6, 6.07) is 9.78. The minimum atomic E-state index is -0.211. The van der Waals surface area contributed by atoms with Gasteiger partial charge in [0.1, 0.15) is 6.04 Å². The van der Waals surface area contributed by atoms with Gasteiger partial charge in [-0.1, -0.05) is 41.7 Å². The Labute approximate surface area is 195 Å². The van der Waals surface area contributed by atoms with Crippen molar-refractivity contribution < 1.29 is 9.21 Å². The topological polar surface area (TPSA) is 97.0 Å². The fraction of sp³-hybridized carbons (Fsp3) is 0.375. The van der Waals surface area contributed by atoms with Gasteiger partial charge in [0.25, 0.3) is 0 Å². The number of benzene rings is 1. The predicted molar refractivity (Wildman–Crippen MR) is 126 cm³/mol. The third kappa shape index (κ3) is 3.86. The van der Waals surface area contributed by atoms with Crippen LogP contribution in [0.5, 0.6) is 0 Å². The molecule has 0 unspecified atom stereocenters. The molecule has 4 aromatic rings. The summed E-state index contributed by atoms with van der Waals surface area (Å²) in [6.07, 6.45) is 5.88. The second-order valence-electron chi connectivity index (χ2n) is 8.69. The van der Waals surface area contributed by atoms with E-state index in [1.54, 1.807) is 24.5 Å². The zero-order valence-corrected chi connectivity index (χ0v) is 19.1. The van der Waals surface area contributed by atoms with Gasteiger partial charge in [-0.2, -0.15) is 4.98 Å². The Hall–Kier alpha value is -3.33. The minimum absolute atomic E-state index is 0.0491. The fourth-order valence-electron chi connectivity index (χ4n) is 4.53. The van der Waals surface area contributed by atoms with Gasteiger partial charge in [-0.25, -0.2) is 4.98 Å². The average molecular weight is 461 g/mol. The maximum atomic E-state index is 13.0. The van der Waals surface area contributed by atoms with Crippen LogP contribution in [0.2, 0.25) is 0 Å². The first-order valence-electron chi connectivity index (χ1n) is 11.4. The Kier molecular flexibility index (Phi) is 5.05. The molecule has 4 heterocycles. The first-order chi connectivity index (χ1) is 16.2. The molecule has 3 aromatic heterocycles. The maximum Gasteiger partial charge on any atom is 0.249 e. The summed E-state index contributed by atoms with van der Waals surface area (Å²) in [4.78, 5) is 24.6. The molecule has 8 nitrogen and oxygen atoms in total. The quantitative estimate of drug-likeness (QED) is 0.460. The summed E-state index contributed by atoms with van der Waals surface area (Å²) in [5.74, 6) is 1.57. The van der Waals surface area contributed by atoms with Gasteiger partial charge >= 0.3 is 0 Å². The van der Waals surface area contributed by atoms with E-state index in [9.17, 15) is 4.79 Å². The van der Waals surface area contributed by atoms with Gasteiger partial charge in [-0.3, -0.25) is 4.79 Å². The van der Waals surface area contributed by atoms with E-state index in [0.717, 1.165) is 58.8 Å². The van der Waals surface area contributed by atoms with Gasteiger partial charge < -0.3 is 14.6 Å². The van der Waals surface area contributed by atoms with E-state index >= 15 is 0 Å². The van der Waals surface area contributed by atoms with Crippen LogP contribution in [-0.2, 0) is 11.3 Å². The third-order valence-corrected chi connectivity index (χ3v) is 7.42. The second-order valence-corrected chi connectivity index (χ2v) is 9.67. The summed E-state index contributed by atoms with van der Waals surface area (Å²) in [6.45, 7) is 3.14. The van der Waals surface area contributed by atoms with Gasteiger partial charge in [0.15, 0.2) is 10.8 Å². The zero-order valence-electron chi connectivity index (χ0n) is 18.3. The maximum absolute atomic E-state index is 13.0. The molecule has 0 radical (unpaired) electrons. The van der Waals surface area contributed by atoms with Crippen LogP contribution in [0.4, 0.5) is 5.13 Å². The van der Waals surface area contributed by atoms with E-state index in [4.69, 9.17) is 9.40 Å². The number of aromatic nitrogens is 4. The number of carbonyl (C=O) groups is 1. The highest BCUT2D eigenvalue weighted by atomic mass is 32.1. The molecule has 1 aliphatic carbocycles. The van der Waals surface area contributed by atoms with Crippen LogP contribution in [0.15, 0.2) is 40.9 Å². The predicted octanol–water partition coefficient (Wildman–Crippen LogP) is 4.21. The number of hydrogen-bond acceptors (Lipinski definition) is 8. The van der Waals surface area contributed by atoms with Crippen molar-refractivity contribution in [3.8, 4) is 11.5 Å². The van der Waals surface area contributed by atoms with Crippen molar-refractivity contribution in [3.63, 3.8) is 0 Å². The van der Waals surface area contributed by atoms with Crippen molar-refractivity contribution in [2.75, 3.05) is 11.4 Å². The van der Waals surface area contributed by atoms with Crippen LogP contribution >= 0.6 is 11.3 Å². The number of hydrogen-bond donors (Lipinski definition) is 1. The number of thiazole rings is 1. The lowest BCUT2D eigenvalue weighted by Crippen LogP contribution is -2.43. The molecule has 0 bridgehead atoms. The standard InChI is InChI=1S/C24H24N6O2S/c1-14-28-29-23(32-14)17-13-25-21-20(19(17)16-9-10-16)33-24(27-21)30-11-5-8-18(30)22(31)26-12-15-6-3-2-4-7-15/h2-4,6-7,13,16,18H,5,8-12H2,1H3,(H,26,31)/t18-/m1/s1. The van der Waals surface area contributed by atoms with Crippen molar-refractivity contribution in [1.29, 1.82) is 0 Å². The van der Waals surface area contributed by atoms with Crippen LogP contribution in [0, 0.1) is 6.92 Å². The molecule has 33 heavy (non-hydrogen) atoms. The van der Waals surface area contributed by atoms with E-state index in [-0.39, 0.29) is 11.9 Å². The molecule has 1 atom stereocenters. The molecule has 1 aromatic carbocycles. The molecule has 2 aliphatic rings. The number of nitrogens with zero attached hydrogens (tertiary/aromatic N) is 5. The molecular formula is C24H24N6O2S. The van der Waals surface area contributed by atoms with Crippen LogP contribution < -0.4 is 10.2 Å². The van der Waals surface area contributed by atoms with Gasteiger partial charge in [0.2, 0.25) is 17.7 Å². The Morgan fingerprint density at radius 2 is 2.06 bits per heavy atom. The molecule has 1 aliphatic heterocycles. The van der Waals surface area contributed by atoms with Crippen molar-refractivity contribution in [1.82, 2.24) is 25.5 Å². The van der Waals surface area contributed by atoms with Gasteiger partial charge in [-0.15, -0.1) is 10.2 Å². The third-order valence-electron chi connectivity index (χ3n) is 6.30. The van der Waals surface area contributed by atoms with E-state index in [0.29, 0.717) is 24.2 Å². The number of pyridine rings is 1. The van der Waals surface area contributed by atoms with Gasteiger partial charge in [0, 0.05) is 26.2 Å². The van der Waals surface area contributed by atoms with Gasteiger partial charge in [0.05, 0.1) is 10.3 Å². The molecule has 2 fully saturated rings. The molecule has 1 N–H and O–H groups in total. The Morgan fingerprint density at radius 1 is 1.21 bits per heavy atom. The van der Waals surface area contributed by atoms with E-state index in [1.807, 2.05) is 30.3 Å². The summed E-state index contributed by atoms with van der Waals surface area (Å²) in [5.41, 5.74) is 3.93. The normalized spacial score (nSPS) is 18.2. The highest BCUT2D eigenvalue weighted by Crippen LogP contribution is 2.49. The Bertz CT molecular complexity index is 1310. The lowest BCUT2D eigenvalue weighted by Gasteiger charge is -2.23. The molecule has 6 rings (SSSR count). The SMILES string of the molecule is Cc1nnc(-c2cnc3nc(N4CCC[C@@H]4C(=O)NCc4ccccc4)sc3c2C2CC2)o1. The molecule has 168 valence electrons. The minimum Gasteiger partial charge on any atom is -0.421 e. The molecule has 1 saturated heterocycles. The summed E-state index contributed by atoms with van der Waals surface area (Å²) < 4.78 is 6.78. The van der Waals surface area contributed by atoms with E-state index < -0.39 is 0 Å². The Morgan fingerprint density at radius 3 is 2.82 bits per heavy atom. The zero-order chi connectivity index (χ0) is 22.4. The van der Waals surface area contributed by atoms with E-state index in [2.05, 4.69) is 25.4 Å². The average Bonchev–Trinajstić information content (AvgIpc) is 3.21. The number of anilines is 1. The molecule has 1 saturated carbocycles. The summed E-state index contributed by atoms with van der Waals surface area (Å²) in [7, 11) is 0. The van der Waals surface area contributed by atoms with E-state index in [1.165, 1.54) is 5.56 Å². The van der Waals surface area contributed by atoms with Crippen LogP contribution in [-0.4, -0.2) is 38.7 Å². The van der Waals surface area contributed by atoms with Gasteiger partial charge in [-0.05, 0) is 42.7 Å². The number of amides is 1. The fourth-order valence-corrected chi connectivity index (χ4v) is 5.76. The highest BCUT2D eigenvalue weighted by molar-refractivity contribution is 7.22. The van der Waals surface area contributed by atoms with Crippen LogP contribution in [0.1, 0.15) is 48.6 Å². The van der Waals surface area contributed by atoms with Crippen molar-refractivity contribution in [3.05, 3.63) is 53.5 Å². The Balaban J connectivity index is 1.30. The van der Waals surface area contributed by atoms with Crippen molar-refractivity contribution in [2.45, 2.75) is 51.1 Å². The summed E-state index contributed by atoms with van der Waals surface area (Å²) in [5, 5.41) is 12.2. The first kappa shape index (κ1) is 20.3. The number of fused-ring (bicyclic) bond motifs is 1. The monoisotopic (exact) mass is 460 g/mol. The highest BCUT2D eigenvalue weighted by Gasteiger charge is 2.35. The lowest BCUT2D eigenvalue weighted by atomic mass is 10.1.